The minimum absolute atomic E-state index is 0.182. The van der Waals surface area contributed by atoms with Crippen molar-refractivity contribution in [2.45, 2.75) is 33.7 Å². The van der Waals surface area contributed by atoms with Crippen molar-refractivity contribution in [3.05, 3.63) is 46.7 Å². The van der Waals surface area contributed by atoms with Gasteiger partial charge in [-0.15, -0.1) is 0 Å². The minimum Gasteiger partial charge on any atom is -0.349 e. The standard InChI is InChI=1S/C18H21ClN4O2/c1-4-23(10-14-21-15(25-22-14)9-11(2)3)18(24)17-16(19)12-7-5-6-8-13(12)20-17/h5-8,11,20H,4,9-10H2,1-3H3. The number of hydrogen-bond donors (Lipinski definition) is 1. The summed E-state index contributed by atoms with van der Waals surface area (Å²) in [6.45, 7) is 6.87. The van der Waals surface area contributed by atoms with E-state index < -0.39 is 0 Å². The highest BCUT2D eigenvalue weighted by atomic mass is 35.5. The smallest absolute Gasteiger partial charge is 0.272 e. The third-order valence-electron chi connectivity index (χ3n) is 3.95. The molecule has 0 atom stereocenters. The largest absolute Gasteiger partial charge is 0.349 e. The third kappa shape index (κ3) is 3.69. The van der Waals surface area contributed by atoms with E-state index in [2.05, 4.69) is 29.0 Å². The Bertz CT molecular complexity index is 884. The summed E-state index contributed by atoms with van der Waals surface area (Å²) in [5.41, 5.74) is 1.22. The average Bonchev–Trinajstić information content (AvgIpc) is 3.16. The maximum Gasteiger partial charge on any atom is 0.272 e. The zero-order valence-electron chi connectivity index (χ0n) is 14.5. The van der Waals surface area contributed by atoms with Crippen LogP contribution in [-0.4, -0.2) is 32.5 Å². The Kier molecular flexibility index (Phi) is 5.08. The van der Waals surface area contributed by atoms with Gasteiger partial charge in [-0.2, -0.15) is 4.98 Å². The topological polar surface area (TPSA) is 75.0 Å². The number of hydrogen-bond acceptors (Lipinski definition) is 4. The molecule has 0 aliphatic carbocycles. The van der Waals surface area contributed by atoms with Crippen LogP contribution in [0.5, 0.6) is 0 Å². The van der Waals surface area contributed by atoms with Gasteiger partial charge < -0.3 is 14.4 Å². The third-order valence-corrected chi connectivity index (χ3v) is 4.34. The summed E-state index contributed by atoms with van der Waals surface area (Å²) >= 11 is 6.39. The molecule has 0 saturated carbocycles. The number of halogens is 1. The van der Waals surface area contributed by atoms with Gasteiger partial charge in [-0.3, -0.25) is 4.79 Å². The molecule has 1 amide bonds. The number of aromatic nitrogens is 3. The molecule has 2 heterocycles. The normalized spacial score (nSPS) is 11.4. The van der Waals surface area contributed by atoms with E-state index in [1.54, 1.807) is 4.90 Å². The van der Waals surface area contributed by atoms with Gasteiger partial charge in [-0.25, -0.2) is 0 Å². The van der Waals surface area contributed by atoms with Crippen LogP contribution in [0.3, 0.4) is 0 Å². The first-order valence-corrected chi connectivity index (χ1v) is 8.74. The van der Waals surface area contributed by atoms with Crippen LogP contribution in [0.25, 0.3) is 10.9 Å². The first-order chi connectivity index (χ1) is 12.0. The van der Waals surface area contributed by atoms with Crippen molar-refractivity contribution >= 4 is 28.4 Å². The van der Waals surface area contributed by atoms with Gasteiger partial charge in [-0.1, -0.05) is 48.8 Å². The van der Waals surface area contributed by atoms with E-state index in [0.29, 0.717) is 34.9 Å². The first-order valence-electron chi connectivity index (χ1n) is 8.36. The van der Waals surface area contributed by atoms with Gasteiger partial charge in [0.2, 0.25) is 5.89 Å². The molecule has 0 radical (unpaired) electrons. The van der Waals surface area contributed by atoms with Gasteiger partial charge in [0.05, 0.1) is 11.6 Å². The number of rotatable bonds is 6. The summed E-state index contributed by atoms with van der Waals surface area (Å²) in [4.78, 5) is 22.0. The van der Waals surface area contributed by atoms with Gasteiger partial charge in [-0.05, 0) is 18.9 Å². The van der Waals surface area contributed by atoms with E-state index in [1.165, 1.54) is 0 Å². The van der Waals surface area contributed by atoms with E-state index in [9.17, 15) is 4.79 Å². The van der Waals surface area contributed by atoms with Crippen molar-refractivity contribution in [2.24, 2.45) is 5.92 Å². The minimum atomic E-state index is -0.182. The number of fused-ring (bicyclic) bond motifs is 1. The second-order valence-electron chi connectivity index (χ2n) is 6.38. The Hall–Kier alpha value is -2.34. The maximum atomic E-state index is 12.9. The molecule has 0 bridgehead atoms. The molecule has 3 aromatic rings. The number of amides is 1. The van der Waals surface area contributed by atoms with Crippen LogP contribution in [0.2, 0.25) is 5.02 Å². The fraction of sp³-hybridized carbons (Fsp3) is 0.389. The molecule has 0 aliphatic heterocycles. The molecule has 6 nitrogen and oxygen atoms in total. The van der Waals surface area contributed by atoms with Crippen molar-refractivity contribution < 1.29 is 9.32 Å². The molecule has 0 fully saturated rings. The van der Waals surface area contributed by atoms with Gasteiger partial charge in [0, 0.05) is 23.9 Å². The SMILES string of the molecule is CCN(Cc1noc(CC(C)C)n1)C(=O)c1[nH]c2ccccc2c1Cl. The number of benzene rings is 1. The number of para-hydroxylation sites is 1. The monoisotopic (exact) mass is 360 g/mol. The molecular weight excluding hydrogens is 340 g/mol. The molecular formula is C18H21ClN4O2. The fourth-order valence-electron chi connectivity index (χ4n) is 2.70. The number of H-pyrrole nitrogens is 1. The second kappa shape index (κ2) is 7.27. The van der Waals surface area contributed by atoms with Gasteiger partial charge in [0.25, 0.3) is 5.91 Å². The molecule has 0 aliphatic rings. The van der Waals surface area contributed by atoms with Crippen molar-refractivity contribution in [3.8, 4) is 0 Å². The van der Waals surface area contributed by atoms with Crippen LogP contribution in [0.15, 0.2) is 28.8 Å². The summed E-state index contributed by atoms with van der Waals surface area (Å²) in [5, 5.41) is 5.25. The molecule has 7 heteroatoms. The lowest BCUT2D eigenvalue weighted by Gasteiger charge is -2.18. The Morgan fingerprint density at radius 1 is 1.36 bits per heavy atom. The van der Waals surface area contributed by atoms with Crippen LogP contribution in [0.1, 0.15) is 43.0 Å². The second-order valence-corrected chi connectivity index (χ2v) is 6.76. The van der Waals surface area contributed by atoms with Gasteiger partial charge in [0.1, 0.15) is 5.69 Å². The van der Waals surface area contributed by atoms with Crippen LogP contribution in [0, 0.1) is 5.92 Å². The Morgan fingerprint density at radius 3 is 2.80 bits per heavy atom. The lowest BCUT2D eigenvalue weighted by molar-refractivity contribution is 0.0742. The molecule has 0 unspecified atom stereocenters. The lowest BCUT2D eigenvalue weighted by Crippen LogP contribution is -2.31. The van der Waals surface area contributed by atoms with Crippen LogP contribution in [-0.2, 0) is 13.0 Å². The highest BCUT2D eigenvalue weighted by molar-refractivity contribution is 6.38. The Morgan fingerprint density at radius 2 is 2.12 bits per heavy atom. The lowest BCUT2D eigenvalue weighted by atomic mass is 10.1. The predicted molar refractivity (Wildman–Crippen MR) is 96.6 cm³/mol. The highest BCUT2D eigenvalue weighted by Crippen LogP contribution is 2.28. The molecule has 1 aromatic carbocycles. The van der Waals surface area contributed by atoms with E-state index in [-0.39, 0.29) is 12.5 Å². The Balaban J connectivity index is 1.81. The maximum absolute atomic E-state index is 12.9. The number of aromatic amines is 1. The Labute approximate surface area is 151 Å². The quantitative estimate of drug-likeness (QED) is 0.719. The van der Waals surface area contributed by atoms with Crippen LogP contribution < -0.4 is 0 Å². The summed E-state index contributed by atoms with van der Waals surface area (Å²) in [6.07, 6.45) is 0.723. The fourth-order valence-corrected chi connectivity index (χ4v) is 2.99. The van der Waals surface area contributed by atoms with E-state index in [4.69, 9.17) is 16.1 Å². The summed E-state index contributed by atoms with van der Waals surface area (Å²) < 4.78 is 5.25. The van der Waals surface area contributed by atoms with Crippen molar-refractivity contribution in [2.75, 3.05) is 6.54 Å². The highest BCUT2D eigenvalue weighted by Gasteiger charge is 2.23. The zero-order valence-corrected chi connectivity index (χ0v) is 15.3. The number of nitrogens with one attached hydrogen (secondary N) is 1. The molecule has 25 heavy (non-hydrogen) atoms. The summed E-state index contributed by atoms with van der Waals surface area (Å²) in [6, 6.07) is 7.57. The van der Waals surface area contributed by atoms with Crippen LogP contribution >= 0.6 is 11.6 Å². The molecule has 3 rings (SSSR count). The van der Waals surface area contributed by atoms with Crippen molar-refractivity contribution in [1.29, 1.82) is 0 Å². The van der Waals surface area contributed by atoms with Crippen molar-refractivity contribution in [3.63, 3.8) is 0 Å². The van der Waals surface area contributed by atoms with E-state index >= 15 is 0 Å². The van der Waals surface area contributed by atoms with E-state index in [1.807, 2.05) is 31.2 Å². The molecule has 2 aromatic heterocycles. The average molecular weight is 361 g/mol. The summed E-state index contributed by atoms with van der Waals surface area (Å²) in [7, 11) is 0. The number of nitrogens with zero attached hydrogens (tertiary/aromatic N) is 3. The summed E-state index contributed by atoms with van der Waals surface area (Å²) in [5.74, 6) is 1.34. The zero-order chi connectivity index (χ0) is 18.0. The molecule has 132 valence electrons. The molecule has 0 saturated heterocycles. The number of carbonyl (C=O) groups excluding carboxylic acids is 1. The van der Waals surface area contributed by atoms with Crippen molar-refractivity contribution in [1.82, 2.24) is 20.0 Å². The van der Waals surface area contributed by atoms with Crippen LogP contribution in [0.4, 0.5) is 0 Å². The van der Waals surface area contributed by atoms with E-state index in [0.717, 1.165) is 17.3 Å². The molecule has 1 N–H and O–H groups in total. The van der Waals surface area contributed by atoms with Gasteiger partial charge in [0.15, 0.2) is 5.82 Å². The number of carbonyl (C=O) groups is 1. The molecule has 0 spiro atoms. The predicted octanol–water partition coefficient (Wildman–Crippen LogP) is 4.07. The van der Waals surface area contributed by atoms with Gasteiger partial charge >= 0.3 is 0 Å². The first kappa shape index (κ1) is 17.5.